The van der Waals surface area contributed by atoms with Gasteiger partial charge < -0.3 is 44.8 Å². The molecule has 6 N–H and O–H groups in total. The third-order valence-corrected chi connectivity index (χ3v) is 5.41. The number of carbonyl (C=O) groups is 1. The minimum atomic E-state index is -1.66. The summed E-state index contributed by atoms with van der Waals surface area (Å²) in [5.74, 6) is -1.64. The molecule has 1 saturated heterocycles. The number of carbonyl (C=O) groups excluding carboxylic acids is 1. The zero-order chi connectivity index (χ0) is 22.4. The fourth-order valence-electron chi connectivity index (χ4n) is 3.72. The number of rotatable bonds is 3. The van der Waals surface area contributed by atoms with Crippen LogP contribution in [0.15, 0.2) is 36.4 Å². The largest absolute Gasteiger partial charge is 0.508 e. The zero-order valence-corrected chi connectivity index (χ0v) is 16.3. The molecule has 0 spiro atoms. The number of aliphatic hydroxyl groups excluding tert-OH is 3. The molecule has 0 unspecified atom stereocenters. The summed E-state index contributed by atoms with van der Waals surface area (Å²) in [6, 6.07) is 7.90. The van der Waals surface area contributed by atoms with E-state index in [1.165, 1.54) is 37.3 Å². The van der Waals surface area contributed by atoms with Crippen LogP contribution in [0.4, 0.5) is 0 Å². The van der Waals surface area contributed by atoms with Crippen molar-refractivity contribution < 1.29 is 49.6 Å². The fourth-order valence-corrected chi connectivity index (χ4v) is 3.72. The summed E-state index contributed by atoms with van der Waals surface area (Å²) in [5, 5.41) is 59.8. The van der Waals surface area contributed by atoms with Gasteiger partial charge >= 0.3 is 0 Å². The van der Waals surface area contributed by atoms with Crippen molar-refractivity contribution in [1.82, 2.24) is 0 Å². The fraction of sp³-hybridized carbons (Fsp3) is 0.381. The van der Waals surface area contributed by atoms with E-state index in [9.17, 15) is 35.4 Å². The van der Waals surface area contributed by atoms with Crippen molar-refractivity contribution in [3.05, 3.63) is 47.5 Å². The van der Waals surface area contributed by atoms with Crippen molar-refractivity contribution in [3.8, 4) is 23.0 Å². The van der Waals surface area contributed by atoms with Crippen molar-refractivity contribution in [2.45, 2.75) is 49.8 Å². The Morgan fingerprint density at radius 1 is 0.903 bits per heavy atom. The van der Waals surface area contributed by atoms with Crippen molar-refractivity contribution >= 4 is 5.78 Å². The Morgan fingerprint density at radius 2 is 1.58 bits per heavy atom. The van der Waals surface area contributed by atoms with Crippen molar-refractivity contribution in [2.75, 3.05) is 0 Å². The van der Waals surface area contributed by atoms with Crippen molar-refractivity contribution in [2.24, 2.45) is 0 Å². The van der Waals surface area contributed by atoms with E-state index in [0.717, 1.165) is 6.07 Å². The van der Waals surface area contributed by atoms with Gasteiger partial charge in [0.1, 0.15) is 46.9 Å². The molecule has 0 aromatic heterocycles. The molecule has 1 fully saturated rings. The van der Waals surface area contributed by atoms with Crippen LogP contribution in [0.1, 0.15) is 28.9 Å². The molecule has 2 aliphatic heterocycles. The van der Waals surface area contributed by atoms with Gasteiger partial charge in [-0.15, -0.1) is 0 Å². The average Bonchev–Trinajstić information content (AvgIpc) is 2.72. The predicted octanol–water partition coefficient (Wildman–Crippen LogP) is 0.332. The first-order chi connectivity index (χ1) is 14.7. The number of Topliss-reactive ketones (excluding diaryl/α,β-unsaturated/α-hetero) is 1. The van der Waals surface area contributed by atoms with Gasteiger partial charge in [0.15, 0.2) is 18.5 Å². The Bertz CT molecular complexity index is 975. The number of fused-ring (bicyclic) bond motifs is 1. The van der Waals surface area contributed by atoms with Crippen LogP contribution >= 0.6 is 0 Å². The zero-order valence-electron chi connectivity index (χ0n) is 16.3. The molecule has 2 aromatic rings. The van der Waals surface area contributed by atoms with Crippen LogP contribution in [0.5, 0.6) is 23.0 Å². The van der Waals surface area contributed by atoms with Crippen LogP contribution in [0.2, 0.25) is 0 Å². The maximum absolute atomic E-state index is 13.3. The van der Waals surface area contributed by atoms with Gasteiger partial charge in [0.2, 0.25) is 5.78 Å². The van der Waals surface area contributed by atoms with E-state index in [4.69, 9.17) is 14.2 Å². The van der Waals surface area contributed by atoms with Gasteiger partial charge in [0, 0.05) is 12.1 Å². The highest BCUT2D eigenvalue weighted by Crippen LogP contribution is 2.43. The number of ether oxygens (including phenoxy) is 3. The van der Waals surface area contributed by atoms with Crippen LogP contribution in [-0.4, -0.2) is 73.2 Å². The molecule has 4 rings (SSSR count). The Balaban J connectivity index is 1.73. The van der Waals surface area contributed by atoms with Gasteiger partial charge in [-0.25, -0.2) is 0 Å². The summed E-state index contributed by atoms with van der Waals surface area (Å²) >= 11 is 0. The standard InChI is InChI=1S/C21H22O10/c1-8-15(25)17(27)18(28)21(29-8)31-20-16(26)14-12(24)6-11(23)7-13(14)30-19(20)9-2-4-10(22)5-3-9/h2-8,15,17-25,27-28H,1H3/t8-,15-,17+,18+,19+,20-,21-/m0/s1. The SMILES string of the molecule is C[C@@H]1O[C@@H](O[C@H]2C(=O)c3c(O)cc(O)cc3O[C@@H]2c2ccc(O)cc2)[C@H](O)[C@H](O)[C@H]1O. The minimum Gasteiger partial charge on any atom is -0.508 e. The summed E-state index contributed by atoms with van der Waals surface area (Å²) in [6.45, 7) is 1.47. The highest BCUT2D eigenvalue weighted by molar-refractivity contribution is 6.05. The highest BCUT2D eigenvalue weighted by atomic mass is 16.7. The van der Waals surface area contributed by atoms with Gasteiger partial charge in [-0.1, -0.05) is 12.1 Å². The molecular formula is C21H22O10. The van der Waals surface area contributed by atoms with Crippen molar-refractivity contribution in [3.63, 3.8) is 0 Å². The lowest BCUT2D eigenvalue weighted by Crippen LogP contribution is -2.59. The van der Waals surface area contributed by atoms with Crippen molar-refractivity contribution in [1.29, 1.82) is 0 Å². The third kappa shape index (κ3) is 3.80. The highest BCUT2D eigenvalue weighted by Gasteiger charge is 2.48. The average molecular weight is 434 g/mol. The maximum Gasteiger partial charge on any atom is 0.203 e. The molecule has 10 heteroatoms. The number of aliphatic hydroxyl groups is 3. The molecule has 0 aliphatic carbocycles. The second-order valence-corrected chi connectivity index (χ2v) is 7.57. The molecule has 0 amide bonds. The van der Waals surface area contributed by atoms with Gasteiger partial charge in [0.05, 0.1) is 6.10 Å². The normalized spacial score (nSPS) is 32.9. The molecule has 31 heavy (non-hydrogen) atoms. The monoisotopic (exact) mass is 434 g/mol. The van der Waals surface area contributed by atoms with E-state index in [2.05, 4.69) is 0 Å². The van der Waals surface area contributed by atoms with E-state index in [1.54, 1.807) is 0 Å². The van der Waals surface area contributed by atoms with Gasteiger partial charge in [0.25, 0.3) is 0 Å². The Morgan fingerprint density at radius 3 is 2.26 bits per heavy atom. The van der Waals surface area contributed by atoms with Crippen LogP contribution in [0, 0.1) is 0 Å². The molecule has 7 atom stereocenters. The minimum absolute atomic E-state index is 0.0176. The Labute approximate surface area is 176 Å². The summed E-state index contributed by atoms with van der Waals surface area (Å²) < 4.78 is 17.0. The van der Waals surface area contributed by atoms with E-state index in [1.807, 2.05) is 0 Å². The number of aromatic hydroxyl groups is 3. The second-order valence-electron chi connectivity index (χ2n) is 7.57. The molecule has 2 aromatic carbocycles. The number of phenols is 3. The molecule has 0 bridgehead atoms. The molecule has 166 valence electrons. The van der Waals surface area contributed by atoms with E-state index in [0.29, 0.717) is 5.56 Å². The first kappa shape index (κ1) is 21.3. The molecule has 10 nitrogen and oxygen atoms in total. The first-order valence-corrected chi connectivity index (χ1v) is 9.58. The summed E-state index contributed by atoms with van der Waals surface area (Å²) in [5.41, 5.74) is 0.195. The predicted molar refractivity (Wildman–Crippen MR) is 103 cm³/mol. The van der Waals surface area contributed by atoms with E-state index >= 15 is 0 Å². The number of phenolic OH excluding ortho intramolecular Hbond substituents is 3. The number of hydrogen-bond acceptors (Lipinski definition) is 10. The lowest BCUT2D eigenvalue weighted by atomic mass is 9.92. The summed E-state index contributed by atoms with van der Waals surface area (Å²) in [7, 11) is 0. The summed E-state index contributed by atoms with van der Waals surface area (Å²) in [4.78, 5) is 13.3. The molecule has 0 radical (unpaired) electrons. The first-order valence-electron chi connectivity index (χ1n) is 9.58. The molecule has 0 saturated carbocycles. The summed E-state index contributed by atoms with van der Waals surface area (Å²) in [6.07, 6.45) is -9.49. The topological polar surface area (TPSA) is 166 Å². The maximum atomic E-state index is 13.3. The van der Waals surface area contributed by atoms with Gasteiger partial charge in [-0.2, -0.15) is 0 Å². The lowest BCUT2D eigenvalue weighted by Gasteiger charge is -2.42. The molecule has 2 aliphatic rings. The lowest BCUT2D eigenvalue weighted by molar-refractivity contribution is -0.304. The number of ketones is 1. The number of hydrogen-bond donors (Lipinski definition) is 6. The quantitative estimate of drug-likeness (QED) is 0.396. The van der Waals surface area contributed by atoms with Crippen LogP contribution in [-0.2, 0) is 9.47 Å². The van der Waals surface area contributed by atoms with Gasteiger partial charge in [-0.3, -0.25) is 4.79 Å². The van der Waals surface area contributed by atoms with Crippen LogP contribution in [0.3, 0.4) is 0 Å². The third-order valence-electron chi connectivity index (χ3n) is 5.41. The van der Waals surface area contributed by atoms with E-state index < -0.39 is 54.4 Å². The Hall–Kier alpha value is -2.89. The van der Waals surface area contributed by atoms with Crippen LogP contribution < -0.4 is 4.74 Å². The molecule has 2 heterocycles. The van der Waals surface area contributed by atoms with E-state index in [-0.39, 0.29) is 22.8 Å². The smallest absolute Gasteiger partial charge is 0.203 e. The van der Waals surface area contributed by atoms with Crippen LogP contribution in [0.25, 0.3) is 0 Å². The second kappa shape index (κ2) is 7.98. The molecular weight excluding hydrogens is 412 g/mol. The van der Waals surface area contributed by atoms with Gasteiger partial charge in [-0.05, 0) is 24.6 Å². The number of benzene rings is 2. The Kier molecular flexibility index (Phi) is 5.50.